The number of hydrogen-bond donors (Lipinski definition) is 1. The monoisotopic (exact) mass is 399 g/mol. The second kappa shape index (κ2) is 7.68. The summed E-state index contributed by atoms with van der Waals surface area (Å²) in [7, 11) is -3.06. The zero-order valence-corrected chi connectivity index (χ0v) is 16.7. The van der Waals surface area contributed by atoms with Crippen LogP contribution in [0, 0.1) is 5.92 Å². The third-order valence-corrected chi connectivity index (χ3v) is 8.18. The molecule has 2 aliphatic rings. The van der Waals surface area contributed by atoms with Crippen molar-refractivity contribution >= 4 is 33.1 Å². The van der Waals surface area contributed by atoms with Gasteiger partial charge in [0, 0.05) is 10.9 Å². The van der Waals surface area contributed by atoms with Gasteiger partial charge in [-0.2, -0.15) is 0 Å². The van der Waals surface area contributed by atoms with Gasteiger partial charge in [0.25, 0.3) is 5.91 Å². The number of aryl methyl sites for hydroxylation is 1. The van der Waals surface area contributed by atoms with Crippen molar-refractivity contribution in [3.8, 4) is 0 Å². The summed E-state index contributed by atoms with van der Waals surface area (Å²) in [4.78, 5) is 26.3. The molecule has 0 aromatic carbocycles. The van der Waals surface area contributed by atoms with Crippen LogP contribution in [0.2, 0.25) is 0 Å². The first kappa shape index (κ1) is 19.4. The van der Waals surface area contributed by atoms with Crippen LogP contribution >= 0.6 is 11.3 Å². The average molecular weight is 400 g/mol. The van der Waals surface area contributed by atoms with Crippen LogP contribution in [-0.2, 0) is 32.2 Å². The van der Waals surface area contributed by atoms with E-state index in [4.69, 9.17) is 4.74 Å². The molecular formula is C18H25NO5S2. The molecule has 8 heteroatoms. The van der Waals surface area contributed by atoms with Crippen molar-refractivity contribution in [2.24, 2.45) is 5.92 Å². The first-order chi connectivity index (χ1) is 12.3. The minimum atomic E-state index is -3.06. The molecule has 3 rings (SSSR count). The molecule has 1 fully saturated rings. The number of carbonyl (C=O) groups is 2. The summed E-state index contributed by atoms with van der Waals surface area (Å²) in [6.45, 7) is 3.70. The molecular weight excluding hydrogens is 374 g/mol. The fourth-order valence-corrected chi connectivity index (χ4v) is 6.31. The number of fused-ring (bicyclic) bond motifs is 1. The predicted molar refractivity (Wildman–Crippen MR) is 100 cm³/mol. The molecule has 144 valence electrons. The van der Waals surface area contributed by atoms with Gasteiger partial charge in [-0.05, 0) is 50.2 Å². The van der Waals surface area contributed by atoms with E-state index in [2.05, 4.69) is 12.2 Å². The lowest BCUT2D eigenvalue weighted by molar-refractivity contribution is -0.129. The molecule has 0 spiro atoms. The average Bonchev–Trinajstić information content (AvgIpc) is 3.16. The Labute approximate surface area is 158 Å². The lowest BCUT2D eigenvalue weighted by atomic mass is 9.87. The van der Waals surface area contributed by atoms with Crippen molar-refractivity contribution in [1.82, 2.24) is 5.32 Å². The van der Waals surface area contributed by atoms with E-state index in [1.165, 1.54) is 28.7 Å². The van der Waals surface area contributed by atoms with Crippen LogP contribution < -0.4 is 5.32 Å². The van der Waals surface area contributed by atoms with E-state index in [1.54, 1.807) is 0 Å². The molecule has 2 heterocycles. The Morgan fingerprint density at radius 2 is 2.15 bits per heavy atom. The molecule has 1 amide bonds. The van der Waals surface area contributed by atoms with Crippen LogP contribution in [0.5, 0.6) is 0 Å². The summed E-state index contributed by atoms with van der Waals surface area (Å²) in [6, 6.07) is 1.51. The van der Waals surface area contributed by atoms with Gasteiger partial charge in [0.05, 0.1) is 11.5 Å². The zero-order valence-electron chi connectivity index (χ0n) is 15.1. The van der Waals surface area contributed by atoms with Gasteiger partial charge >= 0.3 is 5.97 Å². The molecule has 1 saturated heterocycles. The molecule has 1 aliphatic heterocycles. The summed E-state index contributed by atoms with van der Waals surface area (Å²) in [6.07, 6.45) is 3.75. The van der Waals surface area contributed by atoms with Crippen molar-refractivity contribution in [2.75, 3.05) is 11.5 Å². The number of esters is 1. The molecule has 0 bridgehead atoms. The van der Waals surface area contributed by atoms with Crippen molar-refractivity contribution in [3.05, 3.63) is 21.4 Å². The van der Waals surface area contributed by atoms with Crippen LogP contribution in [-0.4, -0.2) is 43.9 Å². The Morgan fingerprint density at radius 3 is 2.81 bits per heavy atom. The van der Waals surface area contributed by atoms with E-state index in [9.17, 15) is 18.0 Å². The fourth-order valence-electron chi connectivity index (χ4n) is 3.55. The van der Waals surface area contributed by atoms with Crippen molar-refractivity contribution < 1.29 is 22.7 Å². The smallest absolute Gasteiger partial charge is 0.349 e. The Balaban J connectivity index is 1.56. The lowest BCUT2D eigenvalue weighted by Gasteiger charge is -2.19. The number of hydrogen-bond acceptors (Lipinski definition) is 6. The highest BCUT2D eigenvalue weighted by molar-refractivity contribution is 7.91. The van der Waals surface area contributed by atoms with E-state index in [1.807, 2.05) is 6.07 Å². The van der Waals surface area contributed by atoms with Gasteiger partial charge in [-0.3, -0.25) is 4.79 Å². The van der Waals surface area contributed by atoms with Crippen LogP contribution in [0.25, 0.3) is 0 Å². The molecule has 0 unspecified atom stereocenters. The molecule has 1 aromatic heterocycles. The summed E-state index contributed by atoms with van der Waals surface area (Å²) in [5, 5.41) is 2.66. The normalized spacial score (nSPS) is 25.3. The van der Waals surface area contributed by atoms with Crippen molar-refractivity contribution in [2.45, 2.75) is 58.1 Å². The second-order valence-electron chi connectivity index (χ2n) is 7.23. The highest BCUT2D eigenvalue weighted by Gasteiger charge is 2.31. The summed E-state index contributed by atoms with van der Waals surface area (Å²) < 4.78 is 28.2. The lowest BCUT2D eigenvalue weighted by Crippen LogP contribution is -2.42. The van der Waals surface area contributed by atoms with Gasteiger partial charge in [0.1, 0.15) is 4.88 Å². The SMILES string of the molecule is CC[C@H]1CCc2sc(C(=O)O[C@@H](C)C(=O)N[C@@H]3CCS(=O)(=O)C3)cc2C1. The van der Waals surface area contributed by atoms with Gasteiger partial charge in [0.2, 0.25) is 0 Å². The summed E-state index contributed by atoms with van der Waals surface area (Å²) in [5.41, 5.74) is 1.23. The van der Waals surface area contributed by atoms with E-state index >= 15 is 0 Å². The molecule has 3 atom stereocenters. The maximum absolute atomic E-state index is 12.4. The third kappa shape index (κ3) is 4.46. The molecule has 0 radical (unpaired) electrons. The van der Waals surface area contributed by atoms with Crippen LogP contribution in [0.15, 0.2) is 6.07 Å². The largest absolute Gasteiger partial charge is 0.448 e. The second-order valence-corrected chi connectivity index (χ2v) is 10.6. The Morgan fingerprint density at radius 1 is 1.38 bits per heavy atom. The van der Waals surface area contributed by atoms with Gasteiger partial charge in [0.15, 0.2) is 15.9 Å². The topological polar surface area (TPSA) is 89.5 Å². The van der Waals surface area contributed by atoms with Crippen LogP contribution in [0.1, 0.15) is 53.2 Å². The molecule has 1 N–H and O–H groups in total. The Kier molecular flexibility index (Phi) is 5.72. The first-order valence-electron chi connectivity index (χ1n) is 9.10. The standard InChI is InChI=1S/C18H25NO5S2/c1-3-12-4-5-15-13(8-12)9-16(25-15)18(21)24-11(2)17(20)19-14-6-7-26(22,23)10-14/h9,11-12,14H,3-8,10H2,1-2H3,(H,19,20)/t11-,12-,14+/m0/s1. The van der Waals surface area contributed by atoms with E-state index < -0.39 is 33.9 Å². The number of ether oxygens (including phenoxy) is 1. The highest BCUT2D eigenvalue weighted by Crippen LogP contribution is 2.33. The van der Waals surface area contributed by atoms with E-state index in [0.29, 0.717) is 17.2 Å². The number of rotatable bonds is 5. The maximum atomic E-state index is 12.4. The number of thiophene rings is 1. The van der Waals surface area contributed by atoms with Gasteiger partial charge in [-0.1, -0.05) is 13.3 Å². The van der Waals surface area contributed by atoms with Crippen LogP contribution in [0.4, 0.5) is 0 Å². The third-order valence-electron chi connectivity index (χ3n) is 5.20. The maximum Gasteiger partial charge on any atom is 0.349 e. The fraction of sp³-hybridized carbons (Fsp3) is 0.667. The number of nitrogens with one attached hydrogen (secondary N) is 1. The minimum absolute atomic E-state index is 0.0460. The molecule has 1 aliphatic carbocycles. The Bertz CT molecular complexity index is 799. The first-order valence-corrected chi connectivity index (χ1v) is 11.7. The van der Waals surface area contributed by atoms with E-state index in [-0.39, 0.29) is 11.5 Å². The van der Waals surface area contributed by atoms with Crippen molar-refractivity contribution in [1.29, 1.82) is 0 Å². The minimum Gasteiger partial charge on any atom is -0.448 e. The van der Waals surface area contributed by atoms with E-state index in [0.717, 1.165) is 25.7 Å². The van der Waals surface area contributed by atoms with Crippen LogP contribution in [0.3, 0.4) is 0 Å². The van der Waals surface area contributed by atoms with Crippen molar-refractivity contribution in [3.63, 3.8) is 0 Å². The molecule has 26 heavy (non-hydrogen) atoms. The number of carbonyl (C=O) groups excluding carboxylic acids is 2. The summed E-state index contributed by atoms with van der Waals surface area (Å²) in [5.74, 6) is -0.221. The van der Waals surface area contributed by atoms with Gasteiger partial charge in [-0.25, -0.2) is 13.2 Å². The van der Waals surface area contributed by atoms with Gasteiger partial charge < -0.3 is 10.1 Å². The van der Waals surface area contributed by atoms with Gasteiger partial charge in [-0.15, -0.1) is 11.3 Å². The zero-order chi connectivity index (χ0) is 18.9. The number of sulfone groups is 1. The number of amides is 1. The highest BCUT2D eigenvalue weighted by atomic mass is 32.2. The molecule has 0 saturated carbocycles. The predicted octanol–water partition coefficient (Wildman–Crippen LogP) is 2.11. The molecule has 1 aromatic rings. The molecule has 6 nitrogen and oxygen atoms in total. The Hall–Kier alpha value is -1.41. The summed E-state index contributed by atoms with van der Waals surface area (Å²) >= 11 is 1.46. The quantitative estimate of drug-likeness (QED) is 0.766.